The molecule has 1 atom stereocenters. The van der Waals surface area contributed by atoms with Crippen LogP contribution in [0.5, 0.6) is 5.88 Å². The van der Waals surface area contributed by atoms with Crippen LogP contribution >= 0.6 is 11.6 Å². The summed E-state index contributed by atoms with van der Waals surface area (Å²) in [5.41, 5.74) is 5.46. The van der Waals surface area contributed by atoms with Crippen LogP contribution in [0, 0.1) is 0 Å². The highest BCUT2D eigenvalue weighted by molar-refractivity contribution is 6.31. The van der Waals surface area contributed by atoms with E-state index in [2.05, 4.69) is 4.98 Å². The number of aromatic nitrogens is 1. The van der Waals surface area contributed by atoms with Crippen LogP contribution in [-0.2, 0) is 0 Å². The van der Waals surface area contributed by atoms with E-state index in [-0.39, 0.29) is 22.6 Å². The van der Waals surface area contributed by atoms with Crippen molar-refractivity contribution in [2.45, 2.75) is 32.4 Å². The van der Waals surface area contributed by atoms with Crippen LogP contribution in [0.2, 0.25) is 5.02 Å². The molecule has 0 spiro atoms. The third-order valence-corrected chi connectivity index (χ3v) is 2.10. The molecule has 1 aromatic rings. The monoisotopic (exact) mass is 250 g/mol. The quantitative estimate of drug-likeness (QED) is 0.894. The number of alkyl halides is 2. The van der Waals surface area contributed by atoms with E-state index in [0.29, 0.717) is 0 Å². The number of nitrogens with two attached hydrogens (primary N) is 1. The van der Waals surface area contributed by atoms with Gasteiger partial charge in [-0.2, -0.15) is 0 Å². The van der Waals surface area contributed by atoms with Gasteiger partial charge in [-0.15, -0.1) is 0 Å². The van der Waals surface area contributed by atoms with E-state index in [1.807, 2.05) is 13.8 Å². The molecule has 1 aromatic heterocycles. The van der Waals surface area contributed by atoms with Crippen LogP contribution in [0.4, 0.5) is 8.78 Å². The first-order valence-corrected chi connectivity index (χ1v) is 5.15. The Morgan fingerprint density at radius 3 is 2.50 bits per heavy atom. The lowest BCUT2D eigenvalue weighted by molar-refractivity contribution is 0.116. The predicted molar refractivity (Wildman–Crippen MR) is 57.9 cm³/mol. The summed E-state index contributed by atoms with van der Waals surface area (Å²) in [6.07, 6.45) is -1.48. The maximum Gasteiger partial charge on any atom is 0.257 e. The largest absolute Gasteiger partial charge is 0.474 e. The fraction of sp³-hybridized carbons (Fsp3) is 0.500. The fourth-order valence-corrected chi connectivity index (χ4v) is 1.30. The van der Waals surface area contributed by atoms with Crippen molar-refractivity contribution in [1.82, 2.24) is 4.98 Å². The third-order valence-electron chi connectivity index (χ3n) is 1.83. The van der Waals surface area contributed by atoms with Gasteiger partial charge in [-0.1, -0.05) is 11.6 Å². The van der Waals surface area contributed by atoms with Crippen molar-refractivity contribution in [1.29, 1.82) is 0 Å². The van der Waals surface area contributed by atoms with Crippen LogP contribution in [0.1, 0.15) is 25.5 Å². The summed E-state index contributed by atoms with van der Waals surface area (Å²) in [6, 6.07) is -0.0265. The molecule has 0 amide bonds. The fourth-order valence-electron chi connectivity index (χ4n) is 1.08. The first kappa shape index (κ1) is 13.1. The van der Waals surface area contributed by atoms with Gasteiger partial charge in [0.1, 0.15) is 5.02 Å². The molecule has 0 aromatic carbocycles. The third kappa shape index (κ3) is 3.28. The van der Waals surface area contributed by atoms with E-state index in [0.717, 1.165) is 0 Å². The summed E-state index contributed by atoms with van der Waals surface area (Å²) in [7, 11) is 0. The molecule has 1 heterocycles. The van der Waals surface area contributed by atoms with Crippen LogP contribution in [0.3, 0.4) is 0 Å². The highest BCUT2D eigenvalue weighted by Crippen LogP contribution is 2.27. The Bertz CT molecular complexity index is 361. The van der Waals surface area contributed by atoms with Gasteiger partial charge in [-0.3, -0.25) is 0 Å². The van der Waals surface area contributed by atoms with Crippen LogP contribution in [0.25, 0.3) is 0 Å². The molecule has 3 nitrogen and oxygen atoms in total. The molecule has 1 rings (SSSR count). The normalized spacial score (nSPS) is 13.2. The van der Waals surface area contributed by atoms with E-state index in [4.69, 9.17) is 22.1 Å². The molecule has 0 aliphatic heterocycles. The minimum Gasteiger partial charge on any atom is -0.474 e. The molecular formula is C10H13ClF2N2O. The second kappa shape index (κ2) is 5.41. The zero-order valence-electron chi connectivity index (χ0n) is 8.95. The van der Waals surface area contributed by atoms with Gasteiger partial charge < -0.3 is 10.5 Å². The van der Waals surface area contributed by atoms with Gasteiger partial charge in [0.2, 0.25) is 5.88 Å². The predicted octanol–water partition coefficient (Wildman–Crippen LogP) is 2.79. The van der Waals surface area contributed by atoms with E-state index < -0.39 is 12.5 Å². The van der Waals surface area contributed by atoms with Gasteiger partial charge in [0.05, 0.1) is 12.1 Å². The number of hydrogen-bond donors (Lipinski definition) is 1. The van der Waals surface area contributed by atoms with Crippen molar-refractivity contribution in [2.24, 2.45) is 5.73 Å². The van der Waals surface area contributed by atoms with Crippen molar-refractivity contribution in [3.8, 4) is 5.88 Å². The summed E-state index contributed by atoms with van der Waals surface area (Å²) >= 11 is 5.83. The van der Waals surface area contributed by atoms with Crippen molar-refractivity contribution >= 4 is 11.6 Å². The minimum atomic E-state index is -2.64. The molecule has 1 unspecified atom stereocenters. The first-order chi connectivity index (χ1) is 7.41. The smallest absolute Gasteiger partial charge is 0.257 e. The summed E-state index contributed by atoms with van der Waals surface area (Å²) < 4.78 is 29.9. The number of ether oxygens (including phenoxy) is 1. The lowest BCUT2D eigenvalue weighted by atomic mass is 10.1. The van der Waals surface area contributed by atoms with Crippen molar-refractivity contribution in [2.75, 3.05) is 0 Å². The number of nitrogens with zero attached hydrogens (tertiary/aromatic N) is 1. The van der Waals surface area contributed by atoms with E-state index in [1.165, 1.54) is 12.3 Å². The molecule has 0 fully saturated rings. The summed E-state index contributed by atoms with van der Waals surface area (Å²) in [4.78, 5) is 3.85. The maximum absolute atomic E-state index is 12.3. The van der Waals surface area contributed by atoms with Crippen molar-refractivity contribution in [3.63, 3.8) is 0 Å². The summed E-state index contributed by atoms with van der Waals surface area (Å²) in [5, 5.41) is 0.183. The summed E-state index contributed by atoms with van der Waals surface area (Å²) in [5.74, 6) is 0.224. The molecule has 0 aliphatic carbocycles. The minimum absolute atomic E-state index is 0.0837. The SMILES string of the molecule is CC(C)Oc1ncc(C(N)C(F)F)cc1Cl. The highest BCUT2D eigenvalue weighted by Gasteiger charge is 2.19. The molecule has 0 aliphatic rings. The van der Waals surface area contributed by atoms with Gasteiger partial charge >= 0.3 is 0 Å². The van der Waals surface area contributed by atoms with E-state index in [1.54, 1.807) is 0 Å². The number of pyridine rings is 1. The average molecular weight is 251 g/mol. The second-order valence-corrected chi connectivity index (χ2v) is 3.99. The van der Waals surface area contributed by atoms with Gasteiger partial charge in [0.15, 0.2) is 0 Å². The Morgan fingerprint density at radius 2 is 2.06 bits per heavy atom. The molecular weight excluding hydrogens is 238 g/mol. The van der Waals surface area contributed by atoms with Gasteiger partial charge in [0.25, 0.3) is 6.43 Å². The van der Waals surface area contributed by atoms with Crippen LogP contribution in [0.15, 0.2) is 12.3 Å². The molecule has 16 heavy (non-hydrogen) atoms. The second-order valence-electron chi connectivity index (χ2n) is 3.58. The van der Waals surface area contributed by atoms with Crippen LogP contribution in [-0.4, -0.2) is 17.5 Å². The maximum atomic E-state index is 12.3. The standard InChI is InChI=1S/C10H13ClF2N2O/c1-5(2)16-10-7(11)3-6(4-15-10)8(14)9(12)13/h3-5,8-9H,14H2,1-2H3. The van der Waals surface area contributed by atoms with E-state index >= 15 is 0 Å². The van der Waals surface area contributed by atoms with Gasteiger partial charge in [-0.25, -0.2) is 13.8 Å². The molecule has 0 radical (unpaired) electrons. The average Bonchev–Trinajstić information content (AvgIpc) is 2.19. The molecule has 2 N–H and O–H groups in total. The zero-order chi connectivity index (χ0) is 12.3. The van der Waals surface area contributed by atoms with Gasteiger partial charge in [-0.05, 0) is 25.5 Å². The molecule has 0 bridgehead atoms. The van der Waals surface area contributed by atoms with Crippen LogP contribution < -0.4 is 10.5 Å². The Labute approximate surface area is 97.6 Å². The first-order valence-electron chi connectivity index (χ1n) is 4.77. The molecule has 90 valence electrons. The summed E-state index contributed by atoms with van der Waals surface area (Å²) in [6.45, 7) is 3.63. The topological polar surface area (TPSA) is 48.1 Å². The Morgan fingerprint density at radius 1 is 1.44 bits per heavy atom. The van der Waals surface area contributed by atoms with Gasteiger partial charge in [0, 0.05) is 6.20 Å². The molecule has 6 heteroatoms. The Hall–Kier alpha value is -0.940. The van der Waals surface area contributed by atoms with Crippen molar-refractivity contribution in [3.05, 3.63) is 22.8 Å². The number of hydrogen-bond acceptors (Lipinski definition) is 3. The van der Waals surface area contributed by atoms with E-state index in [9.17, 15) is 8.78 Å². The Kier molecular flexibility index (Phi) is 4.44. The lowest BCUT2D eigenvalue weighted by Gasteiger charge is -2.13. The number of halogens is 3. The Balaban J connectivity index is 2.90. The molecule has 0 saturated heterocycles. The number of rotatable bonds is 4. The lowest BCUT2D eigenvalue weighted by Crippen LogP contribution is -2.19. The zero-order valence-corrected chi connectivity index (χ0v) is 9.71. The van der Waals surface area contributed by atoms with Crippen molar-refractivity contribution < 1.29 is 13.5 Å². The highest BCUT2D eigenvalue weighted by atomic mass is 35.5. The molecule has 0 saturated carbocycles.